The fraction of sp³-hybridized carbons (Fsp3) is 0.526. The maximum absolute atomic E-state index is 12.5. The van der Waals surface area contributed by atoms with Gasteiger partial charge in [0, 0.05) is 24.6 Å². The normalized spacial score (nSPS) is 18.4. The number of ether oxygens (including phenoxy) is 1. The van der Waals surface area contributed by atoms with Crippen molar-refractivity contribution in [3.05, 3.63) is 47.3 Å². The van der Waals surface area contributed by atoms with Crippen molar-refractivity contribution in [3.63, 3.8) is 0 Å². The molecule has 1 atom stereocenters. The molecule has 142 valence electrons. The molecule has 0 bridgehead atoms. The van der Waals surface area contributed by atoms with Gasteiger partial charge < -0.3 is 9.64 Å². The Morgan fingerprint density at radius 1 is 1.27 bits per heavy atom. The van der Waals surface area contributed by atoms with Crippen LogP contribution in [0, 0.1) is 0 Å². The largest absolute Gasteiger partial charge is 0.493 e. The maximum Gasteiger partial charge on any atom is 0.416 e. The lowest BCUT2D eigenvalue weighted by Gasteiger charge is -2.13. The van der Waals surface area contributed by atoms with Gasteiger partial charge in [-0.15, -0.1) is 0 Å². The summed E-state index contributed by atoms with van der Waals surface area (Å²) in [5.41, 5.74) is 1.41. The van der Waals surface area contributed by atoms with Crippen LogP contribution in [0.4, 0.5) is 13.2 Å². The minimum atomic E-state index is -4.32. The Kier molecular flexibility index (Phi) is 5.86. The quantitative estimate of drug-likeness (QED) is 0.795. The Labute approximate surface area is 151 Å². The fourth-order valence-corrected chi connectivity index (χ4v) is 3.33. The molecule has 1 aliphatic heterocycles. The van der Waals surface area contributed by atoms with E-state index in [-0.39, 0.29) is 0 Å². The van der Waals surface area contributed by atoms with Crippen molar-refractivity contribution >= 4 is 0 Å². The third-order valence-electron chi connectivity index (χ3n) is 4.70. The number of alkyl halides is 3. The zero-order valence-corrected chi connectivity index (χ0v) is 14.9. The van der Waals surface area contributed by atoms with Gasteiger partial charge in [-0.2, -0.15) is 18.3 Å². The Hall–Kier alpha value is -2.02. The van der Waals surface area contributed by atoms with Crippen molar-refractivity contribution in [3.8, 4) is 5.75 Å². The van der Waals surface area contributed by atoms with E-state index in [1.54, 1.807) is 0 Å². The molecule has 0 radical (unpaired) electrons. The van der Waals surface area contributed by atoms with Crippen LogP contribution in [0.2, 0.25) is 0 Å². The molecule has 4 nitrogen and oxygen atoms in total. The van der Waals surface area contributed by atoms with E-state index in [1.807, 2.05) is 0 Å². The van der Waals surface area contributed by atoms with Crippen molar-refractivity contribution in [2.24, 2.45) is 0 Å². The molecule has 0 amide bonds. The van der Waals surface area contributed by atoms with Gasteiger partial charge in [-0.25, -0.2) is 0 Å². The third-order valence-corrected chi connectivity index (χ3v) is 4.70. The minimum Gasteiger partial charge on any atom is -0.493 e. The van der Waals surface area contributed by atoms with Crippen LogP contribution in [-0.4, -0.2) is 41.3 Å². The first-order chi connectivity index (χ1) is 12.5. The van der Waals surface area contributed by atoms with Crippen LogP contribution in [-0.2, 0) is 12.6 Å². The molecule has 1 unspecified atom stereocenters. The summed E-state index contributed by atoms with van der Waals surface area (Å²) in [5.74, 6) is 0.908. The molecule has 0 aliphatic carbocycles. The fourth-order valence-electron chi connectivity index (χ4n) is 3.33. The summed E-state index contributed by atoms with van der Waals surface area (Å²) in [6.07, 6.45) is -1.39. The van der Waals surface area contributed by atoms with E-state index in [0.29, 0.717) is 24.7 Å². The molecule has 0 saturated carbocycles. The molecule has 2 heterocycles. The zero-order valence-electron chi connectivity index (χ0n) is 14.9. The van der Waals surface area contributed by atoms with Crippen LogP contribution in [0.5, 0.6) is 5.75 Å². The number of H-pyrrole nitrogens is 1. The molecular weight excluding hydrogens is 343 g/mol. The number of hydrogen-bond acceptors (Lipinski definition) is 3. The number of aromatic amines is 1. The van der Waals surface area contributed by atoms with Gasteiger partial charge >= 0.3 is 6.18 Å². The van der Waals surface area contributed by atoms with Crippen molar-refractivity contribution in [2.45, 2.75) is 38.3 Å². The van der Waals surface area contributed by atoms with Crippen LogP contribution in [0.15, 0.2) is 30.3 Å². The maximum atomic E-state index is 12.5. The highest BCUT2D eigenvalue weighted by atomic mass is 19.4. The summed E-state index contributed by atoms with van der Waals surface area (Å²) in [6.45, 7) is 5.89. The third kappa shape index (κ3) is 4.78. The molecule has 7 heteroatoms. The molecular formula is C19H24F3N3O. The molecule has 1 aromatic carbocycles. The number of likely N-dealkylation sites (tertiary alicyclic amines) is 1. The minimum absolute atomic E-state index is 0.389. The van der Waals surface area contributed by atoms with Gasteiger partial charge in [-0.1, -0.05) is 6.92 Å². The first-order valence-corrected chi connectivity index (χ1v) is 9.02. The van der Waals surface area contributed by atoms with Gasteiger partial charge in [0.05, 0.1) is 17.9 Å². The lowest BCUT2D eigenvalue weighted by atomic mass is 10.0. The van der Waals surface area contributed by atoms with Gasteiger partial charge in [0.25, 0.3) is 0 Å². The number of rotatable bonds is 7. The van der Waals surface area contributed by atoms with Crippen molar-refractivity contribution in [1.82, 2.24) is 15.1 Å². The van der Waals surface area contributed by atoms with Crippen LogP contribution in [0.25, 0.3) is 0 Å². The van der Waals surface area contributed by atoms with E-state index in [4.69, 9.17) is 4.74 Å². The Bertz CT molecular complexity index is 697. The Morgan fingerprint density at radius 2 is 2.04 bits per heavy atom. The van der Waals surface area contributed by atoms with Crippen LogP contribution in [0.3, 0.4) is 0 Å². The van der Waals surface area contributed by atoms with Crippen molar-refractivity contribution in [1.29, 1.82) is 0 Å². The molecule has 0 spiro atoms. The summed E-state index contributed by atoms with van der Waals surface area (Å²) in [4.78, 5) is 2.47. The molecule has 1 saturated heterocycles. The second-order valence-corrected chi connectivity index (χ2v) is 6.72. The molecule has 26 heavy (non-hydrogen) atoms. The number of nitrogens with one attached hydrogen (secondary N) is 1. The smallest absolute Gasteiger partial charge is 0.416 e. The molecule has 1 aliphatic rings. The van der Waals surface area contributed by atoms with E-state index in [2.05, 4.69) is 28.1 Å². The lowest BCUT2D eigenvalue weighted by molar-refractivity contribution is -0.137. The van der Waals surface area contributed by atoms with Crippen molar-refractivity contribution in [2.75, 3.05) is 26.2 Å². The predicted octanol–water partition coefficient (Wildman–Crippen LogP) is 4.25. The number of benzene rings is 1. The highest BCUT2D eigenvalue weighted by Crippen LogP contribution is 2.30. The second-order valence-electron chi connectivity index (χ2n) is 6.72. The predicted molar refractivity (Wildman–Crippen MR) is 93.3 cm³/mol. The summed E-state index contributed by atoms with van der Waals surface area (Å²) in [5, 5.41) is 7.47. The molecule has 1 fully saturated rings. The molecule has 1 aromatic heterocycles. The monoisotopic (exact) mass is 367 g/mol. The first kappa shape index (κ1) is 18.8. The van der Waals surface area contributed by atoms with Gasteiger partial charge in [0.15, 0.2) is 0 Å². The lowest BCUT2D eigenvalue weighted by Crippen LogP contribution is -2.20. The average molecular weight is 367 g/mol. The van der Waals surface area contributed by atoms with Crippen LogP contribution >= 0.6 is 0 Å². The van der Waals surface area contributed by atoms with E-state index < -0.39 is 11.7 Å². The number of hydrogen-bond donors (Lipinski definition) is 1. The molecule has 3 rings (SSSR count). The van der Waals surface area contributed by atoms with Crippen LogP contribution < -0.4 is 4.74 Å². The van der Waals surface area contributed by atoms with E-state index in [9.17, 15) is 13.2 Å². The number of aromatic nitrogens is 2. The molecule has 1 N–H and O–H groups in total. The Morgan fingerprint density at radius 3 is 2.73 bits per heavy atom. The molecule has 2 aromatic rings. The van der Waals surface area contributed by atoms with E-state index >= 15 is 0 Å². The number of halogens is 3. The van der Waals surface area contributed by atoms with Gasteiger partial charge in [0.1, 0.15) is 5.75 Å². The first-order valence-electron chi connectivity index (χ1n) is 9.02. The SMILES string of the molecule is CCCN1CCC(c2cc(CCOc3ccc(C(F)(F)F)cc3)[nH]n2)C1. The highest BCUT2D eigenvalue weighted by molar-refractivity contribution is 5.28. The van der Waals surface area contributed by atoms with E-state index in [1.165, 1.54) is 18.6 Å². The van der Waals surface area contributed by atoms with Crippen LogP contribution in [0.1, 0.15) is 42.6 Å². The van der Waals surface area contributed by atoms with Gasteiger partial charge in [-0.3, -0.25) is 5.10 Å². The topological polar surface area (TPSA) is 41.1 Å². The van der Waals surface area contributed by atoms with Gasteiger partial charge in [-0.05, 0) is 56.3 Å². The average Bonchev–Trinajstić information content (AvgIpc) is 3.24. The Balaban J connectivity index is 1.47. The summed E-state index contributed by atoms with van der Waals surface area (Å²) >= 11 is 0. The summed E-state index contributed by atoms with van der Waals surface area (Å²) in [7, 11) is 0. The summed E-state index contributed by atoms with van der Waals surface area (Å²) in [6, 6.07) is 6.85. The second kappa shape index (κ2) is 8.12. The highest BCUT2D eigenvalue weighted by Gasteiger charge is 2.30. The van der Waals surface area contributed by atoms with Crippen molar-refractivity contribution < 1.29 is 17.9 Å². The van der Waals surface area contributed by atoms with Gasteiger partial charge in [0.2, 0.25) is 0 Å². The zero-order chi connectivity index (χ0) is 18.6. The summed E-state index contributed by atoms with van der Waals surface area (Å²) < 4.78 is 43.1. The number of nitrogens with zero attached hydrogens (tertiary/aromatic N) is 2. The standard InChI is InChI=1S/C19H24F3N3O/c1-2-9-25-10-7-14(13-25)18-12-16(23-24-18)8-11-26-17-5-3-15(4-6-17)19(20,21)22/h3-6,12,14H,2,7-11,13H2,1H3,(H,23,24). The van der Waals surface area contributed by atoms with E-state index in [0.717, 1.165) is 49.6 Å².